The molecule has 0 aliphatic carbocycles. The van der Waals surface area contributed by atoms with Crippen LogP contribution in [0.1, 0.15) is 55.3 Å². The van der Waals surface area contributed by atoms with Crippen molar-refractivity contribution in [1.29, 1.82) is 0 Å². The fourth-order valence-electron chi connectivity index (χ4n) is 3.67. The summed E-state index contributed by atoms with van der Waals surface area (Å²) in [6.45, 7) is 4.68. The van der Waals surface area contributed by atoms with Crippen LogP contribution in [0.15, 0.2) is 54.6 Å². The molecule has 1 heterocycles. The molecule has 1 aliphatic rings. The smallest absolute Gasteiger partial charge is 0.308 e. The maximum absolute atomic E-state index is 12.7. The minimum atomic E-state index is -0.839. The van der Waals surface area contributed by atoms with E-state index in [1.165, 1.54) is 5.56 Å². The molecule has 1 fully saturated rings. The first-order valence-electron chi connectivity index (χ1n) is 9.13. The van der Waals surface area contributed by atoms with E-state index in [1.54, 1.807) is 4.90 Å². The van der Waals surface area contributed by atoms with Gasteiger partial charge in [0, 0.05) is 13.0 Å². The Bertz CT molecular complexity index is 768. The maximum atomic E-state index is 12.7. The van der Waals surface area contributed by atoms with E-state index in [9.17, 15) is 14.7 Å². The number of carboxylic acid groups (broad SMARTS) is 1. The van der Waals surface area contributed by atoms with Crippen LogP contribution in [0.2, 0.25) is 0 Å². The number of piperidine rings is 1. The van der Waals surface area contributed by atoms with Gasteiger partial charge in [-0.05, 0) is 29.0 Å². The molecule has 2 atom stereocenters. The second-order valence-electron chi connectivity index (χ2n) is 7.26. The average molecular weight is 351 g/mol. The van der Waals surface area contributed by atoms with Crippen molar-refractivity contribution in [3.8, 4) is 0 Å². The first-order valence-corrected chi connectivity index (χ1v) is 9.13. The molecule has 3 rings (SSSR count). The number of hydrogen-bond acceptors (Lipinski definition) is 2. The highest BCUT2D eigenvalue weighted by atomic mass is 16.4. The summed E-state index contributed by atoms with van der Waals surface area (Å²) in [6.07, 6.45) is 0.667. The van der Waals surface area contributed by atoms with Crippen molar-refractivity contribution in [3.63, 3.8) is 0 Å². The fourth-order valence-corrected chi connectivity index (χ4v) is 3.67. The Balaban J connectivity index is 1.97. The van der Waals surface area contributed by atoms with Gasteiger partial charge < -0.3 is 10.0 Å². The highest BCUT2D eigenvalue weighted by Crippen LogP contribution is 2.38. The van der Waals surface area contributed by atoms with Gasteiger partial charge in [-0.15, -0.1) is 0 Å². The Morgan fingerprint density at radius 2 is 1.77 bits per heavy atom. The molecule has 26 heavy (non-hydrogen) atoms. The molecule has 2 aromatic rings. The zero-order chi connectivity index (χ0) is 18.7. The van der Waals surface area contributed by atoms with Gasteiger partial charge in [-0.2, -0.15) is 0 Å². The molecule has 1 N–H and O–H groups in total. The first kappa shape index (κ1) is 18.2. The number of nitrogens with zero attached hydrogens (tertiary/aromatic N) is 1. The molecule has 1 saturated heterocycles. The monoisotopic (exact) mass is 351 g/mol. The average Bonchev–Trinajstić information content (AvgIpc) is 2.64. The Kier molecular flexibility index (Phi) is 5.40. The van der Waals surface area contributed by atoms with E-state index >= 15 is 0 Å². The van der Waals surface area contributed by atoms with E-state index in [1.807, 2.05) is 54.6 Å². The minimum absolute atomic E-state index is 0.0179. The van der Waals surface area contributed by atoms with Gasteiger partial charge in [-0.3, -0.25) is 9.59 Å². The minimum Gasteiger partial charge on any atom is -0.481 e. The van der Waals surface area contributed by atoms with Gasteiger partial charge >= 0.3 is 5.97 Å². The molecule has 0 saturated carbocycles. The number of hydrogen-bond donors (Lipinski definition) is 1. The summed E-state index contributed by atoms with van der Waals surface area (Å²) in [6, 6.07) is 17.3. The lowest BCUT2D eigenvalue weighted by Gasteiger charge is -2.40. The Morgan fingerprint density at radius 1 is 1.12 bits per heavy atom. The molecular formula is C22H25NO3. The summed E-state index contributed by atoms with van der Waals surface area (Å²) in [5, 5.41) is 9.74. The summed E-state index contributed by atoms with van der Waals surface area (Å²) in [4.78, 5) is 26.3. The van der Waals surface area contributed by atoms with Crippen molar-refractivity contribution >= 4 is 11.9 Å². The van der Waals surface area contributed by atoms with Crippen LogP contribution in [0.4, 0.5) is 0 Å². The highest BCUT2D eigenvalue weighted by molar-refractivity contribution is 5.81. The van der Waals surface area contributed by atoms with E-state index in [0.29, 0.717) is 18.9 Å². The van der Waals surface area contributed by atoms with Crippen LogP contribution in [-0.4, -0.2) is 21.9 Å². The van der Waals surface area contributed by atoms with Crippen molar-refractivity contribution in [3.05, 3.63) is 71.3 Å². The Hall–Kier alpha value is -2.62. The van der Waals surface area contributed by atoms with Crippen LogP contribution in [-0.2, 0) is 16.1 Å². The normalized spacial score (nSPS) is 20.4. The number of aliphatic carboxylic acids is 1. The Morgan fingerprint density at radius 3 is 2.35 bits per heavy atom. The van der Waals surface area contributed by atoms with Gasteiger partial charge in [0.15, 0.2) is 0 Å². The lowest BCUT2D eigenvalue weighted by Crippen LogP contribution is -2.44. The number of benzene rings is 2. The van der Waals surface area contributed by atoms with E-state index < -0.39 is 17.9 Å². The van der Waals surface area contributed by atoms with E-state index in [4.69, 9.17) is 0 Å². The van der Waals surface area contributed by atoms with Gasteiger partial charge in [0.1, 0.15) is 0 Å². The molecule has 0 bridgehead atoms. The van der Waals surface area contributed by atoms with Crippen LogP contribution < -0.4 is 0 Å². The summed E-state index contributed by atoms with van der Waals surface area (Å²) in [5.41, 5.74) is 3.11. The van der Waals surface area contributed by atoms with Gasteiger partial charge in [-0.1, -0.05) is 68.4 Å². The molecule has 0 spiro atoms. The standard InChI is InChI=1S/C22H25NO3/c1-15(2)17-8-10-18(11-9-17)21-19(22(25)26)12-13-20(24)23(21)14-16-6-4-3-5-7-16/h3-11,15,19,21H,12-14H2,1-2H3,(H,25,26). The number of amides is 1. The van der Waals surface area contributed by atoms with Crippen LogP contribution in [0.3, 0.4) is 0 Å². The van der Waals surface area contributed by atoms with Gasteiger partial charge in [-0.25, -0.2) is 0 Å². The first-order chi connectivity index (χ1) is 12.5. The second-order valence-corrected chi connectivity index (χ2v) is 7.26. The van der Waals surface area contributed by atoms with E-state index in [2.05, 4.69) is 13.8 Å². The van der Waals surface area contributed by atoms with Crippen LogP contribution in [0.5, 0.6) is 0 Å². The van der Waals surface area contributed by atoms with Crippen molar-refractivity contribution in [2.45, 2.75) is 45.2 Å². The number of carbonyl (C=O) groups excluding carboxylic acids is 1. The quantitative estimate of drug-likeness (QED) is 0.870. The number of carboxylic acids is 1. The Labute approximate surface area is 154 Å². The lowest BCUT2D eigenvalue weighted by atomic mass is 9.83. The summed E-state index contributed by atoms with van der Waals surface area (Å²) >= 11 is 0. The predicted octanol–water partition coefficient (Wildman–Crippen LogP) is 4.37. The number of rotatable bonds is 5. The van der Waals surface area contributed by atoms with Crippen LogP contribution >= 0.6 is 0 Å². The van der Waals surface area contributed by atoms with E-state index in [-0.39, 0.29) is 12.3 Å². The van der Waals surface area contributed by atoms with Gasteiger partial charge in [0.05, 0.1) is 12.0 Å². The molecule has 136 valence electrons. The third-order valence-electron chi connectivity index (χ3n) is 5.16. The molecule has 2 aromatic carbocycles. The SMILES string of the molecule is CC(C)c1ccc(C2C(C(=O)O)CCC(=O)N2Cc2ccccc2)cc1. The molecule has 1 aliphatic heterocycles. The molecule has 4 nitrogen and oxygen atoms in total. The highest BCUT2D eigenvalue weighted by Gasteiger charge is 2.40. The van der Waals surface area contributed by atoms with Gasteiger partial charge in [0.2, 0.25) is 5.91 Å². The third-order valence-corrected chi connectivity index (χ3v) is 5.16. The predicted molar refractivity (Wildman–Crippen MR) is 101 cm³/mol. The largest absolute Gasteiger partial charge is 0.481 e. The summed E-state index contributed by atoms with van der Waals surface area (Å²) < 4.78 is 0. The molecule has 2 unspecified atom stereocenters. The van der Waals surface area contributed by atoms with Crippen molar-refractivity contribution in [2.75, 3.05) is 0 Å². The van der Waals surface area contributed by atoms with Crippen molar-refractivity contribution in [2.24, 2.45) is 5.92 Å². The van der Waals surface area contributed by atoms with Crippen LogP contribution in [0, 0.1) is 5.92 Å². The zero-order valence-electron chi connectivity index (χ0n) is 15.3. The molecular weight excluding hydrogens is 326 g/mol. The zero-order valence-corrected chi connectivity index (χ0v) is 15.3. The van der Waals surface area contributed by atoms with Gasteiger partial charge in [0.25, 0.3) is 0 Å². The van der Waals surface area contributed by atoms with Crippen molar-refractivity contribution < 1.29 is 14.7 Å². The third kappa shape index (κ3) is 3.79. The maximum Gasteiger partial charge on any atom is 0.308 e. The van der Waals surface area contributed by atoms with Crippen molar-refractivity contribution in [1.82, 2.24) is 4.90 Å². The molecule has 0 aromatic heterocycles. The number of carbonyl (C=O) groups is 2. The number of likely N-dealkylation sites (tertiary alicyclic amines) is 1. The summed E-state index contributed by atoms with van der Waals surface area (Å²) in [5.74, 6) is -0.994. The summed E-state index contributed by atoms with van der Waals surface area (Å²) in [7, 11) is 0. The second kappa shape index (κ2) is 7.73. The van der Waals surface area contributed by atoms with Crippen LogP contribution in [0.25, 0.3) is 0 Å². The lowest BCUT2D eigenvalue weighted by molar-refractivity contribution is -0.152. The molecule has 4 heteroatoms. The topological polar surface area (TPSA) is 57.6 Å². The molecule has 0 radical (unpaired) electrons. The molecule has 1 amide bonds. The fraction of sp³-hybridized carbons (Fsp3) is 0.364. The van der Waals surface area contributed by atoms with E-state index in [0.717, 1.165) is 11.1 Å².